The lowest BCUT2D eigenvalue weighted by Gasteiger charge is -2.04. The summed E-state index contributed by atoms with van der Waals surface area (Å²) in [7, 11) is 0. The number of carbonyl (C=O) groups is 1. The number of nitrogen functional groups attached to an aromatic ring is 1. The quantitative estimate of drug-likeness (QED) is 0.671. The third kappa shape index (κ3) is 4.46. The highest BCUT2D eigenvalue weighted by Gasteiger charge is 2.04. The molecular weight excluding hydrogens is 282 g/mol. The van der Waals surface area contributed by atoms with Gasteiger partial charge in [-0.05, 0) is 36.4 Å². The van der Waals surface area contributed by atoms with Crippen LogP contribution < -0.4 is 11.1 Å². The number of nitrogens with one attached hydrogen (secondary N) is 1. The Kier molecular flexibility index (Phi) is 4.65. The van der Waals surface area contributed by atoms with Crippen LogP contribution in [0, 0.1) is 0 Å². The molecule has 0 aliphatic rings. The number of pyridine rings is 1. The van der Waals surface area contributed by atoms with Crippen molar-refractivity contribution in [3.63, 3.8) is 0 Å². The van der Waals surface area contributed by atoms with Gasteiger partial charge in [-0.3, -0.25) is 4.79 Å². The summed E-state index contributed by atoms with van der Waals surface area (Å²) < 4.78 is 0. The van der Waals surface area contributed by atoms with Gasteiger partial charge in [-0.2, -0.15) is 0 Å². The molecule has 19 heavy (non-hydrogen) atoms. The fraction of sp³-hybridized carbons (Fsp3) is 0.0769. The second-order valence-corrected chi connectivity index (χ2v) is 5.25. The number of nitrogens with two attached hydrogens (primary N) is 1. The van der Waals surface area contributed by atoms with Crippen LogP contribution in [0.3, 0.4) is 0 Å². The Morgan fingerprint density at radius 1 is 1.32 bits per heavy atom. The molecule has 1 heterocycles. The maximum Gasteiger partial charge on any atom is 0.235 e. The molecule has 2 aromatic rings. The topological polar surface area (TPSA) is 68.0 Å². The van der Waals surface area contributed by atoms with Crippen LogP contribution in [0.2, 0.25) is 5.02 Å². The van der Waals surface area contributed by atoms with Crippen LogP contribution in [0.1, 0.15) is 0 Å². The second-order valence-electron chi connectivity index (χ2n) is 3.77. The molecule has 0 saturated carbocycles. The van der Waals surface area contributed by atoms with E-state index in [9.17, 15) is 4.79 Å². The largest absolute Gasteiger partial charge is 0.399 e. The van der Waals surface area contributed by atoms with Gasteiger partial charge in [-0.15, -0.1) is 11.8 Å². The molecule has 0 bridgehead atoms. The van der Waals surface area contributed by atoms with E-state index in [4.69, 9.17) is 17.3 Å². The van der Waals surface area contributed by atoms with Crippen LogP contribution in [0.4, 0.5) is 11.5 Å². The average Bonchev–Trinajstić information content (AvgIpc) is 2.38. The number of aromatic nitrogens is 1. The number of amides is 1. The van der Waals surface area contributed by atoms with Gasteiger partial charge in [0.05, 0.1) is 5.75 Å². The maximum absolute atomic E-state index is 11.7. The number of hydrogen-bond acceptors (Lipinski definition) is 4. The summed E-state index contributed by atoms with van der Waals surface area (Å²) in [5, 5.41) is 3.22. The van der Waals surface area contributed by atoms with Crippen LogP contribution in [0.25, 0.3) is 0 Å². The summed E-state index contributed by atoms with van der Waals surface area (Å²) in [6.45, 7) is 0. The van der Waals surface area contributed by atoms with Crippen LogP contribution in [0.15, 0.2) is 47.5 Å². The minimum absolute atomic E-state index is 0.128. The fourth-order valence-electron chi connectivity index (χ4n) is 1.36. The van der Waals surface area contributed by atoms with Gasteiger partial charge in [0.25, 0.3) is 0 Å². The van der Waals surface area contributed by atoms with Crippen LogP contribution >= 0.6 is 23.4 Å². The van der Waals surface area contributed by atoms with Crippen molar-refractivity contribution in [3.05, 3.63) is 47.6 Å². The molecule has 0 radical (unpaired) electrons. The summed E-state index contributed by atoms with van der Waals surface area (Å²) >= 11 is 7.24. The highest BCUT2D eigenvalue weighted by Crippen LogP contribution is 2.19. The lowest BCUT2D eigenvalue weighted by atomic mass is 10.3. The van der Waals surface area contributed by atoms with Crippen molar-refractivity contribution in [1.82, 2.24) is 4.98 Å². The maximum atomic E-state index is 11.7. The van der Waals surface area contributed by atoms with E-state index < -0.39 is 0 Å². The Morgan fingerprint density at radius 2 is 2.05 bits per heavy atom. The van der Waals surface area contributed by atoms with E-state index >= 15 is 0 Å². The molecule has 0 atom stereocenters. The summed E-state index contributed by atoms with van der Waals surface area (Å²) in [5.41, 5.74) is 6.30. The van der Waals surface area contributed by atoms with Crippen molar-refractivity contribution in [1.29, 1.82) is 0 Å². The van der Waals surface area contributed by atoms with Crippen LogP contribution in [-0.4, -0.2) is 16.6 Å². The van der Waals surface area contributed by atoms with Crippen LogP contribution in [0.5, 0.6) is 0 Å². The molecule has 98 valence electrons. The molecule has 4 nitrogen and oxygen atoms in total. The standard InChI is InChI=1S/C13H12ClN3OS/c14-9-5-6-16-12(7-9)17-13(18)8-19-11-3-1-10(15)2-4-11/h1-7H,8,15H2,(H,16,17,18). The van der Waals surface area contributed by atoms with Gasteiger partial charge in [0, 0.05) is 21.8 Å². The molecule has 0 saturated heterocycles. The number of anilines is 2. The van der Waals surface area contributed by atoms with E-state index in [-0.39, 0.29) is 5.91 Å². The monoisotopic (exact) mass is 293 g/mol. The third-order valence-corrected chi connectivity index (χ3v) is 3.49. The molecule has 2 rings (SSSR count). The SMILES string of the molecule is Nc1ccc(SCC(=O)Nc2cc(Cl)ccn2)cc1. The van der Waals surface area contributed by atoms with E-state index in [0.29, 0.717) is 22.3 Å². The van der Waals surface area contributed by atoms with Crippen molar-refractivity contribution in [2.45, 2.75) is 4.90 Å². The number of rotatable bonds is 4. The molecule has 0 aliphatic heterocycles. The summed E-state index contributed by atoms with van der Waals surface area (Å²) in [6, 6.07) is 10.6. The molecule has 1 aromatic carbocycles. The first-order valence-electron chi connectivity index (χ1n) is 5.53. The molecule has 0 fully saturated rings. The molecule has 0 spiro atoms. The van der Waals surface area contributed by atoms with E-state index in [2.05, 4.69) is 10.3 Å². The minimum Gasteiger partial charge on any atom is -0.399 e. The first-order valence-corrected chi connectivity index (χ1v) is 6.89. The van der Waals surface area contributed by atoms with E-state index in [1.807, 2.05) is 12.1 Å². The number of hydrogen-bond donors (Lipinski definition) is 2. The van der Waals surface area contributed by atoms with Gasteiger partial charge >= 0.3 is 0 Å². The summed E-state index contributed by atoms with van der Waals surface area (Å²) in [4.78, 5) is 16.7. The normalized spacial score (nSPS) is 10.2. The van der Waals surface area contributed by atoms with Crippen molar-refractivity contribution in [3.8, 4) is 0 Å². The number of halogens is 1. The highest BCUT2D eigenvalue weighted by molar-refractivity contribution is 8.00. The first-order chi connectivity index (χ1) is 9.13. The summed E-state index contributed by atoms with van der Waals surface area (Å²) in [5.74, 6) is 0.630. The Hall–Kier alpha value is -1.72. The minimum atomic E-state index is -0.128. The lowest BCUT2D eigenvalue weighted by molar-refractivity contribution is -0.113. The van der Waals surface area contributed by atoms with Gasteiger partial charge in [0.15, 0.2) is 0 Å². The second kappa shape index (κ2) is 6.45. The van der Waals surface area contributed by atoms with Crippen molar-refractivity contribution in [2.75, 3.05) is 16.8 Å². The first kappa shape index (κ1) is 13.7. The van der Waals surface area contributed by atoms with Gasteiger partial charge in [0.1, 0.15) is 5.82 Å². The molecular formula is C13H12ClN3OS. The van der Waals surface area contributed by atoms with E-state index in [1.54, 1.807) is 30.5 Å². The number of benzene rings is 1. The van der Waals surface area contributed by atoms with Gasteiger partial charge < -0.3 is 11.1 Å². The van der Waals surface area contributed by atoms with Gasteiger partial charge in [0.2, 0.25) is 5.91 Å². The Bertz CT molecular complexity index is 574. The molecule has 1 amide bonds. The molecule has 6 heteroatoms. The Balaban J connectivity index is 1.86. The zero-order valence-corrected chi connectivity index (χ0v) is 11.5. The zero-order valence-electron chi connectivity index (χ0n) is 9.97. The van der Waals surface area contributed by atoms with E-state index in [1.165, 1.54) is 11.8 Å². The number of carbonyl (C=O) groups excluding carboxylic acids is 1. The van der Waals surface area contributed by atoms with Crippen molar-refractivity contribution >= 4 is 40.8 Å². The Labute approximate surface area is 120 Å². The molecule has 0 unspecified atom stereocenters. The predicted octanol–water partition coefficient (Wildman–Crippen LogP) is 3.05. The van der Waals surface area contributed by atoms with Gasteiger partial charge in [-0.1, -0.05) is 11.6 Å². The highest BCUT2D eigenvalue weighted by atomic mass is 35.5. The predicted molar refractivity (Wildman–Crippen MR) is 79.5 cm³/mol. The van der Waals surface area contributed by atoms with E-state index in [0.717, 1.165) is 4.90 Å². The number of thioether (sulfide) groups is 1. The number of nitrogens with zero attached hydrogens (tertiary/aromatic N) is 1. The Morgan fingerprint density at radius 3 is 2.74 bits per heavy atom. The fourth-order valence-corrected chi connectivity index (χ4v) is 2.22. The molecule has 3 N–H and O–H groups in total. The smallest absolute Gasteiger partial charge is 0.235 e. The third-order valence-electron chi connectivity index (χ3n) is 2.24. The molecule has 1 aromatic heterocycles. The lowest BCUT2D eigenvalue weighted by Crippen LogP contribution is -2.14. The van der Waals surface area contributed by atoms with Crippen molar-refractivity contribution < 1.29 is 4.79 Å². The molecule has 0 aliphatic carbocycles. The summed E-state index contributed by atoms with van der Waals surface area (Å²) in [6.07, 6.45) is 1.55. The van der Waals surface area contributed by atoms with Crippen molar-refractivity contribution in [2.24, 2.45) is 0 Å². The van der Waals surface area contributed by atoms with Crippen LogP contribution in [-0.2, 0) is 4.79 Å². The van der Waals surface area contributed by atoms with Gasteiger partial charge in [-0.25, -0.2) is 4.98 Å². The average molecular weight is 294 g/mol. The zero-order chi connectivity index (χ0) is 13.7.